The number of anilines is 1. The van der Waals surface area contributed by atoms with Crippen LogP contribution in [0.3, 0.4) is 0 Å². The van der Waals surface area contributed by atoms with E-state index in [0.717, 1.165) is 12.0 Å². The number of nitrogens with zero attached hydrogens (tertiary/aromatic N) is 2. The zero-order chi connectivity index (χ0) is 20.3. The van der Waals surface area contributed by atoms with Gasteiger partial charge in [-0.2, -0.15) is 0 Å². The first-order chi connectivity index (χ1) is 13.4. The largest absolute Gasteiger partial charge is 0.497 e. The fourth-order valence-corrected chi connectivity index (χ4v) is 3.30. The molecule has 1 fully saturated rings. The molecule has 0 unspecified atom stereocenters. The quantitative estimate of drug-likeness (QED) is 0.735. The van der Waals surface area contributed by atoms with Crippen molar-refractivity contribution in [3.05, 3.63) is 52.5 Å². The van der Waals surface area contributed by atoms with E-state index in [1.807, 2.05) is 19.1 Å². The molecule has 1 aliphatic rings. The Hall–Kier alpha value is -2.73. The number of amides is 2. The van der Waals surface area contributed by atoms with Crippen molar-refractivity contribution in [1.29, 1.82) is 0 Å². The van der Waals surface area contributed by atoms with Crippen LogP contribution in [0, 0.1) is 6.92 Å². The summed E-state index contributed by atoms with van der Waals surface area (Å²) in [4.78, 5) is 28.8. The van der Waals surface area contributed by atoms with E-state index in [4.69, 9.17) is 21.1 Å². The van der Waals surface area contributed by atoms with Crippen LogP contribution in [-0.2, 0) is 4.79 Å². The van der Waals surface area contributed by atoms with E-state index in [9.17, 15) is 9.59 Å². The molecule has 0 aliphatic carbocycles. The number of benzene rings is 2. The monoisotopic (exact) mass is 402 g/mol. The lowest BCUT2D eigenvalue weighted by Crippen LogP contribution is -2.42. The molecule has 0 saturated carbocycles. The van der Waals surface area contributed by atoms with Crippen LogP contribution in [-0.4, -0.2) is 44.1 Å². The van der Waals surface area contributed by atoms with Gasteiger partial charge in [-0.05, 0) is 43.2 Å². The molecule has 0 radical (unpaired) electrons. The maximum absolute atomic E-state index is 13.4. The third kappa shape index (κ3) is 4.22. The van der Waals surface area contributed by atoms with E-state index in [1.54, 1.807) is 34.1 Å². The maximum Gasteiger partial charge on any atom is 0.260 e. The zero-order valence-corrected chi connectivity index (χ0v) is 17.0. The topological polar surface area (TPSA) is 59.1 Å². The Bertz CT molecular complexity index is 878. The van der Waals surface area contributed by atoms with E-state index in [2.05, 4.69) is 0 Å². The molecule has 1 heterocycles. The summed E-state index contributed by atoms with van der Waals surface area (Å²) in [6, 6.07) is 10.4. The number of carbonyl (C=O) groups excluding carboxylic acids is 2. The molecule has 0 atom stereocenters. The van der Waals surface area contributed by atoms with E-state index in [-0.39, 0.29) is 18.5 Å². The summed E-state index contributed by atoms with van der Waals surface area (Å²) in [7, 11) is 3.06. The van der Waals surface area contributed by atoms with Gasteiger partial charge in [0.25, 0.3) is 5.91 Å². The minimum atomic E-state index is -0.267. The summed E-state index contributed by atoms with van der Waals surface area (Å²) in [5, 5.41) is 0.561. The molecule has 2 amide bonds. The number of hydrogen-bond donors (Lipinski definition) is 0. The minimum Gasteiger partial charge on any atom is -0.497 e. The molecule has 0 bridgehead atoms. The standard InChI is InChI=1S/C21H23ClN2O4/c1-14-6-7-16(11-19(14)22)24(13-23-8-4-5-20(23)25)21(26)15-9-17(27-2)12-18(10-15)28-3/h6-7,9-12H,4-5,8,13H2,1-3H3. The van der Waals surface area contributed by atoms with Gasteiger partial charge >= 0.3 is 0 Å². The van der Waals surface area contributed by atoms with Gasteiger partial charge in [0.05, 0.1) is 14.2 Å². The SMILES string of the molecule is COc1cc(OC)cc(C(=O)N(CN2CCCC2=O)c2ccc(C)c(Cl)c2)c1. The first kappa shape index (κ1) is 20.0. The number of ether oxygens (including phenoxy) is 2. The highest BCUT2D eigenvalue weighted by Gasteiger charge is 2.27. The lowest BCUT2D eigenvalue weighted by molar-refractivity contribution is -0.127. The summed E-state index contributed by atoms with van der Waals surface area (Å²) in [6.45, 7) is 2.69. The average Bonchev–Trinajstić information content (AvgIpc) is 3.11. The molecule has 3 rings (SSSR count). The Morgan fingerprint density at radius 2 is 1.82 bits per heavy atom. The van der Waals surface area contributed by atoms with Crippen LogP contribution in [0.15, 0.2) is 36.4 Å². The van der Waals surface area contributed by atoms with E-state index >= 15 is 0 Å². The van der Waals surface area contributed by atoms with Crippen molar-refractivity contribution >= 4 is 29.1 Å². The minimum absolute atomic E-state index is 0.0410. The van der Waals surface area contributed by atoms with E-state index in [0.29, 0.717) is 40.7 Å². The number of hydrogen-bond acceptors (Lipinski definition) is 4. The average molecular weight is 403 g/mol. The fraction of sp³-hybridized carbons (Fsp3) is 0.333. The highest BCUT2D eigenvalue weighted by atomic mass is 35.5. The van der Waals surface area contributed by atoms with Gasteiger partial charge in [-0.1, -0.05) is 17.7 Å². The predicted molar refractivity (Wildman–Crippen MR) is 108 cm³/mol. The molecule has 2 aromatic carbocycles. The summed E-state index contributed by atoms with van der Waals surface area (Å²) in [5.41, 5.74) is 1.94. The molecule has 28 heavy (non-hydrogen) atoms. The number of rotatable bonds is 6. The lowest BCUT2D eigenvalue weighted by Gasteiger charge is -2.28. The number of carbonyl (C=O) groups is 2. The van der Waals surface area contributed by atoms with Gasteiger partial charge in [-0.3, -0.25) is 14.5 Å². The van der Waals surface area contributed by atoms with Gasteiger partial charge in [0.15, 0.2) is 0 Å². The van der Waals surface area contributed by atoms with Crippen LogP contribution < -0.4 is 14.4 Å². The summed E-state index contributed by atoms with van der Waals surface area (Å²) < 4.78 is 10.6. The van der Waals surface area contributed by atoms with Crippen molar-refractivity contribution in [3.8, 4) is 11.5 Å². The van der Waals surface area contributed by atoms with Crippen molar-refractivity contribution in [3.63, 3.8) is 0 Å². The summed E-state index contributed by atoms with van der Waals surface area (Å²) in [5.74, 6) is 0.805. The van der Waals surface area contributed by atoms with Crippen LogP contribution in [0.5, 0.6) is 11.5 Å². The molecular weight excluding hydrogens is 380 g/mol. The Morgan fingerprint density at radius 3 is 2.36 bits per heavy atom. The van der Waals surface area contributed by atoms with E-state index < -0.39 is 0 Å². The van der Waals surface area contributed by atoms with Crippen LogP contribution in [0.4, 0.5) is 5.69 Å². The van der Waals surface area contributed by atoms with Crippen molar-refractivity contribution in [2.45, 2.75) is 19.8 Å². The van der Waals surface area contributed by atoms with Crippen molar-refractivity contribution in [2.24, 2.45) is 0 Å². The van der Waals surface area contributed by atoms with Crippen molar-refractivity contribution < 1.29 is 19.1 Å². The third-order valence-corrected chi connectivity index (χ3v) is 5.20. The summed E-state index contributed by atoms with van der Waals surface area (Å²) in [6.07, 6.45) is 1.30. The van der Waals surface area contributed by atoms with Crippen molar-refractivity contribution in [1.82, 2.24) is 4.90 Å². The van der Waals surface area contributed by atoms with Gasteiger partial charge in [0.1, 0.15) is 18.2 Å². The number of methoxy groups -OCH3 is 2. The number of aryl methyl sites for hydroxylation is 1. The smallest absolute Gasteiger partial charge is 0.260 e. The Morgan fingerprint density at radius 1 is 1.14 bits per heavy atom. The normalized spacial score (nSPS) is 13.6. The summed E-state index contributed by atoms with van der Waals surface area (Å²) >= 11 is 6.29. The number of halogens is 1. The van der Waals surface area contributed by atoms with Crippen LogP contribution in [0.2, 0.25) is 5.02 Å². The second-order valence-electron chi connectivity index (χ2n) is 6.67. The molecule has 6 nitrogen and oxygen atoms in total. The molecule has 2 aromatic rings. The second-order valence-corrected chi connectivity index (χ2v) is 7.08. The lowest BCUT2D eigenvalue weighted by atomic mass is 10.1. The molecule has 1 aliphatic heterocycles. The highest BCUT2D eigenvalue weighted by molar-refractivity contribution is 6.31. The third-order valence-electron chi connectivity index (χ3n) is 4.79. The second kappa shape index (κ2) is 8.52. The van der Waals surface area contributed by atoms with Gasteiger partial charge in [0.2, 0.25) is 5.91 Å². The van der Waals surface area contributed by atoms with Gasteiger partial charge in [0, 0.05) is 35.3 Å². The molecule has 148 valence electrons. The molecule has 0 N–H and O–H groups in total. The Labute approximate surface area is 169 Å². The highest BCUT2D eigenvalue weighted by Crippen LogP contribution is 2.28. The first-order valence-electron chi connectivity index (χ1n) is 9.02. The molecule has 1 saturated heterocycles. The molecular formula is C21H23ClN2O4. The maximum atomic E-state index is 13.4. The molecule has 7 heteroatoms. The van der Waals surface area contributed by atoms with Gasteiger partial charge in [-0.15, -0.1) is 0 Å². The Kier molecular flexibility index (Phi) is 6.09. The number of likely N-dealkylation sites (tertiary alicyclic amines) is 1. The predicted octanol–water partition coefficient (Wildman–Crippen LogP) is 3.89. The first-order valence-corrected chi connectivity index (χ1v) is 9.39. The Balaban J connectivity index is 2.01. The molecule has 0 spiro atoms. The fourth-order valence-electron chi connectivity index (χ4n) is 3.12. The van der Waals surface area contributed by atoms with Gasteiger partial charge < -0.3 is 14.4 Å². The van der Waals surface area contributed by atoms with Crippen molar-refractivity contribution in [2.75, 3.05) is 32.3 Å². The van der Waals surface area contributed by atoms with Crippen LogP contribution in [0.1, 0.15) is 28.8 Å². The van der Waals surface area contributed by atoms with Crippen LogP contribution in [0.25, 0.3) is 0 Å². The van der Waals surface area contributed by atoms with E-state index in [1.165, 1.54) is 14.2 Å². The van der Waals surface area contributed by atoms with Crippen LogP contribution >= 0.6 is 11.6 Å². The zero-order valence-electron chi connectivity index (χ0n) is 16.2. The van der Waals surface area contributed by atoms with Gasteiger partial charge in [-0.25, -0.2) is 0 Å². The molecule has 0 aromatic heterocycles.